The SMILES string of the molecule is COc1ccc(N2CCCC2=O)cc1S(=O)(=O)NCCc1ccc(-c2csc(C)n2)cc1. The summed E-state index contributed by atoms with van der Waals surface area (Å²) in [4.78, 5) is 18.2. The molecule has 2 heterocycles. The Balaban J connectivity index is 1.44. The summed E-state index contributed by atoms with van der Waals surface area (Å²) in [6.45, 7) is 2.81. The van der Waals surface area contributed by atoms with Gasteiger partial charge in [0.25, 0.3) is 0 Å². The van der Waals surface area contributed by atoms with Gasteiger partial charge in [0.2, 0.25) is 15.9 Å². The smallest absolute Gasteiger partial charge is 0.244 e. The third kappa shape index (κ3) is 4.85. The van der Waals surface area contributed by atoms with Crippen molar-refractivity contribution in [2.24, 2.45) is 0 Å². The quantitative estimate of drug-likeness (QED) is 0.540. The molecule has 1 aliphatic heterocycles. The van der Waals surface area contributed by atoms with Gasteiger partial charge in [0.1, 0.15) is 10.6 Å². The van der Waals surface area contributed by atoms with Gasteiger partial charge in [-0.1, -0.05) is 24.3 Å². The molecule has 2 aromatic carbocycles. The van der Waals surface area contributed by atoms with E-state index in [9.17, 15) is 13.2 Å². The lowest BCUT2D eigenvalue weighted by molar-refractivity contribution is -0.117. The monoisotopic (exact) mass is 471 g/mol. The standard InChI is InChI=1S/C23H25N3O4S2/c1-16-25-20(15-31-16)18-7-5-17(6-8-18)11-12-24-32(28,29)22-14-19(9-10-21(22)30-2)26-13-3-4-23(26)27/h5-10,14-15,24H,3-4,11-13H2,1-2H3. The molecule has 1 fully saturated rings. The van der Waals surface area contributed by atoms with Crippen LogP contribution in [0.15, 0.2) is 52.7 Å². The molecule has 0 radical (unpaired) electrons. The highest BCUT2D eigenvalue weighted by Crippen LogP contribution is 2.31. The highest BCUT2D eigenvalue weighted by Gasteiger charge is 2.25. The highest BCUT2D eigenvalue weighted by molar-refractivity contribution is 7.89. The number of hydrogen-bond acceptors (Lipinski definition) is 6. The van der Waals surface area contributed by atoms with Crippen molar-refractivity contribution in [1.82, 2.24) is 9.71 Å². The molecule has 0 spiro atoms. The predicted molar refractivity (Wildman–Crippen MR) is 126 cm³/mol. The third-order valence-corrected chi connectivity index (χ3v) is 7.65. The number of anilines is 1. The number of thiazole rings is 1. The summed E-state index contributed by atoms with van der Waals surface area (Å²) < 4.78 is 33.9. The highest BCUT2D eigenvalue weighted by atomic mass is 32.2. The number of nitrogens with zero attached hydrogens (tertiary/aromatic N) is 2. The zero-order valence-corrected chi connectivity index (χ0v) is 19.6. The maximum absolute atomic E-state index is 13.0. The van der Waals surface area contributed by atoms with E-state index in [4.69, 9.17) is 4.74 Å². The minimum atomic E-state index is -3.81. The fraction of sp³-hybridized carbons (Fsp3) is 0.304. The number of rotatable bonds is 8. The average Bonchev–Trinajstić information content (AvgIpc) is 3.42. The third-order valence-electron chi connectivity index (χ3n) is 5.40. The zero-order chi connectivity index (χ0) is 22.7. The van der Waals surface area contributed by atoms with Crippen molar-refractivity contribution in [2.45, 2.75) is 31.1 Å². The minimum Gasteiger partial charge on any atom is -0.495 e. The van der Waals surface area contributed by atoms with Crippen LogP contribution in [-0.4, -0.2) is 39.5 Å². The molecule has 1 saturated heterocycles. The number of methoxy groups -OCH3 is 1. The number of benzene rings is 2. The second-order valence-corrected chi connectivity index (χ2v) is 10.4. The van der Waals surface area contributed by atoms with E-state index in [0.717, 1.165) is 28.2 Å². The van der Waals surface area contributed by atoms with Crippen LogP contribution in [0.2, 0.25) is 0 Å². The van der Waals surface area contributed by atoms with Crippen molar-refractivity contribution < 1.29 is 17.9 Å². The summed E-state index contributed by atoms with van der Waals surface area (Å²) in [5, 5.41) is 3.04. The molecular formula is C23H25N3O4S2. The number of carbonyl (C=O) groups is 1. The van der Waals surface area contributed by atoms with Gasteiger partial charge in [-0.15, -0.1) is 11.3 Å². The van der Waals surface area contributed by atoms with Crippen LogP contribution in [0, 0.1) is 6.92 Å². The number of ether oxygens (including phenoxy) is 1. The number of amides is 1. The lowest BCUT2D eigenvalue weighted by Gasteiger charge is -2.18. The Morgan fingerprint density at radius 1 is 1.19 bits per heavy atom. The summed E-state index contributed by atoms with van der Waals surface area (Å²) in [7, 11) is -2.38. The fourth-order valence-corrected chi connectivity index (χ4v) is 5.55. The van der Waals surface area contributed by atoms with Crippen molar-refractivity contribution in [3.63, 3.8) is 0 Å². The van der Waals surface area contributed by atoms with Gasteiger partial charge in [-0.3, -0.25) is 4.79 Å². The molecule has 32 heavy (non-hydrogen) atoms. The summed E-state index contributed by atoms with van der Waals surface area (Å²) in [5.41, 5.74) is 3.58. The molecule has 0 unspecified atom stereocenters. The van der Waals surface area contributed by atoms with Gasteiger partial charge in [0, 0.05) is 36.1 Å². The molecule has 7 nitrogen and oxygen atoms in total. The van der Waals surface area contributed by atoms with Crippen LogP contribution in [0.5, 0.6) is 5.75 Å². The Labute approximate surface area is 192 Å². The molecular weight excluding hydrogens is 446 g/mol. The maximum Gasteiger partial charge on any atom is 0.244 e. The van der Waals surface area contributed by atoms with E-state index in [1.807, 2.05) is 36.6 Å². The summed E-state index contributed by atoms with van der Waals surface area (Å²) in [6.07, 6.45) is 1.79. The number of aryl methyl sites for hydroxylation is 1. The number of sulfonamides is 1. The van der Waals surface area contributed by atoms with Crippen LogP contribution in [-0.2, 0) is 21.2 Å². The largest absolute Gasteiger partial charge is 0.495 e. The second-order valence-electron chi connectivity index (χ2n) is 7.58. The van der Waals surface area contributed by atoms with Crippen LogP contribution in [0.25, 0.3) is 11.3 Å². The molecule has 0 atom stereocenters. The molecule has 0 bridgehead atoms. The normalized spacial score (nSPS) is 14.2. The lowest BCUT2D eigenvalue weighted by Crippen LogP contribution is -2.28. The van der Waals surface area contributed by atoms with Gasteiger partial charge < -0.3 is 9.64 Å². The fourth-order valence-electron chi connectivity index (χ4n) is 3.71. The minimum absolute atomic E-state index is 0.00253. The molecule has 1 aliphatic rings. The second kappa shape index (κ2) is 9.40. The summed E-state index contributed by atoms with van der Waals surface area (Å²) in [5.74, 6) is 0.249. The van der Waals surface area contributed by atoms with Crippen LogP contribution < -0.4 is 14.4 Å². The first-order valence-corrected chi connectivity index (χ1v) is 12.7. The van der Waals surface area contributed by atoms with E-state index in [-0.39, 0.29) is 23.1 Å². The molecule has 9 heteroatoms. The van der Waals surface area contributed by atoms with E-state index in [2.05, 4.69) is 9.71 Å². The Kier molecular flexibility index (Phi) is 6.59. The van der Waals surface area contributed by atoms with E-state index in [0.29, 0.717) is 25.1 Å². The molecule has 1 N–H and O–H groups in total. The predicted octanol–water partition coefficient (Wildman–Crippen LogP) is 3.77. The van der Waals surface area contributed by atoms with Crippen LogP contribution >= 0.6 is 11.3 Å². The number of aromatic nitrogens is 1. The Morgan fingerprint density at radius 2 is 1.97 bits per heavy atom. The molecule has 0 saturated carbocycles. The summed E-state index contributed by atoms with van der Waals surface area (Å²) >= 11 is 1.61. The first-order valence-electron chi connectivity index (χ1n) is 10.4. The van der Waals surface area contributed by atoms with E-state index in [1.165, 1.54) is 13.2 Å². The van der Waals surface area contributed by atoms with Crippen LogP contribution in [0.1, 0.15) is 23.4 Å². The number of carbonyl (C=O) groups excluding carboxylic acids is 1. The van der Waals surface area contributed by atoms with Crippen molar-refractivity contribution >= 4 is 33.0 Å². The number of hydrogen-bond donors (Lipinski definition) is 1. The molecule has 1 amide bonds. The molecule has 4 rings (SSSR count). The van der Waals surface area contributed by atoms with Crippen LogP contribution in [0.4, 0.5) is 5.69 Å². The van der Waals surface area contributed by atoms with Gasteiger partial charge in [0.15, 0.2) is 0 Å². The molecule has 1 aromatic heterocycles. The molecule has 3 aromatic rings. The Hall–Kier alpha value is -2.75. The van der Waals surface area contributed by atoms with E-state index >= 15 is 0 Å². The van der Waals surface area contributed by atoms with Crippen molar-refractivity contribution in [3.8, 4) is 17.0 Å². The van der Waals surface area contributed by atoms with Crippen molar-refractivity contribution in [2.75, 3.05) is 25.1 Å². The topological polar surface area (TPSA) is 88.6 Å². The van der Waals surface area contributed by atoms with Gasteiger partial charge in [-0.25, -0.2) is 18.1 Å². The lowest BCUT2D eigenvalue weighted by atomic mass is 10.1. The summed E-state index contributed by atoms with van der Waals surface area (Å²) in [6, 6.07) is 12.8. The van der Waals surface area contributed by atoms with Gasteiger partial charge in [-0.05, 0) is 43.5 Å². The van der Waals surface area contributed by atoms with Crippen molar-refractivity contribution in [3.05, 3.63) is 58.4 Å². The van der Waals surface area contributed by atoms with Crippen molar-refractivity contribution in [1.29, 1.82) is 0 Å². The zero-order valence-electron chi connectivity index (χ0n) is 18.0. The first-order chi connectivity index (χ1) is 15.4. The maximum atomic E-state index is 13.0. The van der Waals surface area contributed by atoms with Crippen LogP contribution in [0.3, 0.4) is 0 Å². The van der Waals surface area contributed by atoms with E-state index in [1.54, 1.807) is 28.4 Å². The van der Waals surface area contributed by atoms with Gasteiger partial charge in [0.05, 0.1) is 17.8 Å². The van der Waals surface area contributed by atoms with E-state index < -0.39 is 10.0 Å². The van der Waals surface area contributed by atoms with Gasteiger partial charge in [-0.2, -0.15) is 0 Å². The number of nitrogens with one attached hydrogen (secondary N) is 1. The molecule has 0 aliphatic carbocycles. The van der Waals surface area contributed by atoms with Gasteiger partial charge >= 0.3 is 0 Å². The Morgan fingerprint density at radius 3 is 2.59 bits per heavy atom. The average molecular weight is 472 g/mol. The molecule has 168 valence electrons. The Bertz CT molecular complexity index is 1220. The first kappa shape index (κ1) is 22.4.